The number of rotatable bonds is 6. The number of esters is 1. The average molecular weight is 421 g/mol. The normalized spacial score (nSPS) is 15.7. The number of halogens is 1. The second-order valence-corrected chi connectivity index (χ2v) is 8.23. The number of hydrogen-bond acceptors (Lipinski definition) is 5. The van der Waals surface area contributed by atoms with Gasteiger partial charge in [0.25, 0.3) is 0 Å². The van der Waals surface area contributed by atoms with Gasteiger partial charge in [0, 0.05) is 33.4 Å². The van der Waals surface area contributed by atoms with Gasteiger partial charge in [-0.3, -0.25) is 14.4 Å². The number of fused-ring (bicyclic) bond motifs is 1. The predicted octanol–water partition coefficient (Wildman–Crippen LogP) is 4.01. The van der Waals surface area contributed by atoms with Crippen LogP contribution in [0.4, 0.5) is 5.69 Å². The molecule has 0 radical (unpaired) electrons. The van der Waals surface area contributed by atoms with E-state index in [1.54, 1.807) is 18.2 Å². The van der Waals surface area contributed by atoms with Crippen LogP contribution in [0.1, 0.15) is 35.1 Å². The molecule has 1 aliphatic rings. The number of thioether (sulfide) groups is 1. The molecule has 0 bridgehead atoms. The largest absolute Gasteiger partial charge is 0.457 e. The first-order chi connectivity index (χ1) is 13.3. The van der Waals surface area contributed by atoms with Gasteiger partial charge in [-0.2, -0.15) is 0 Å². The highest BCUT2D eigenvalue weighted by molar-refractivity contribution is 8.01. The van der Waals surface area contributed by atoms with E-state index in [1.165, 1.54) is 11.8 Å². The lowest BCUT2D eigenvalue weighted by molar-refractivity contribution is -0.143. The maximum absolute atomic E-state index is 12.4. The number of nitrogens with zero attached hydrogens (tertiary/aromatic N) is 1. The van der Waals surface area contributed by atoms with Gasteiger partial charge in [-0.05, 0) is 45.0 Å². The van der Waals surface area contributed by atoms with Gasteiger partial charge < -0.3 is 14.6 Å². The Labute approximate surface area is 172 Å². The van der Waals surface area contributed by atoms with Crippen molar-refractivity contribution in [3.63, 3.8) is 0 Å². The molecule has 1 aromatic carbocycles. The Balaban J connectivity index is 1.58. The highest BCUT2D eigenvalue weighted by atomic mass is 35.5. The quantitative estimate of drug-likeness (QED) is 0.564. The van der Waals surface area contributed by atoms with E-state index in [0.717, 1.165) is 22.8 Å². The van der Waals surface area contributed by atoms with Gasteiger partial charge >= 0.3 is 5.97 Å². The highest BCUT2D eigenvalue weighted by Crippen LogP contribution is 2.38. The summed E-state index contributed by atoms with van der Waals surface area (Å²) in [5.74, 6) is -1.11. The van der Waals surface area contributed by atoms with Gasteiger partial charge in [0.15, 0.2) is 6.61 Å². The molecule has 6 nitrogen and oxygen atoms in total. The number of ether oxygens (including phenoxy) is 1. The summed E-state index contributed by atoms with van der Waals surface area (Å²) in [7, 11) is 0. The molecule has 1 atom stereocenters. The van der Waals surface area contributed by atoms with Crippen molar-refractivity contribution in [3.05, 3.63) is 46.2 Å². The Morgan fingerprint density at radius 1 is 1.29 bits per heavy atom. The van der Waals surface area contributed by atoms with Crippen LogP contribution >= 0.6 is 23.4 Å². The summed E-state index contributed by atoms with van der Waals surface area (Å²) in [6.45, 7) is 6.25. The van der Waals surface area contributed by atoms with Gasteiger partial charge in [-0.15, -0.1) is 11.8 Å². The molecule has 0 aliphatic carbocycles. The highest BCUT2D eigenvalue weighted by Gasteiger charge is 2.30. The minimum atomic E-state index is -0.610. The van der Waals surface area contributed by atoms with Crippen LogP contribution in [0.2, 0.25) is 5.02 Å². The first-order valence-electron chi connectivity index (χ1n) is 8.92. The van der Waals surface area contributed by atoms with E-state index in [4.69, 9.17) is 16.3 Å². The molecule has 0 fully saturated rings. The predicted molar refractivity (Wildman–Crippen MR) is 109 cm³/mol. The van der Waals surface area contributed by atoms with Crippen LogP contribution in [0.15, 0.2) is 29.2 Å². The van der Waals surface area contributed by atoms with Crippen molar-refractivity contribution < 1.29 is 19.1 Å². The van der Waals surface area contributed by atoms with Gasteiger partial charge in [0.05, 0.1) is 17.4 Å². The summed E-state index contributed by atoms with van der Waals surface area (Å²) in [6, 6.07) is 7.00. The fourth-order valence-electron chi connectivity index (χ4n) is 3.26. The van der Waals surface area contributed by atoms with Crippen molar-refractivity contribution in [2.75, 3.05) is 11.9 Å². The zero-order chi connectivity index (χ0) is 20.4. The number of Topliss-reactive ketones (excluding diaryl/α,β-unsaturated/α-hetero) is 1. The molecule has 28 heavy (non-hydrogen) atoms. The Morgan fingerprint density at radius 3 is 2.71 bits per heavy atom. The van der Waals surface area contributed by atoms with Crippen molar-refractivity contribution in [3.8, 4) is 0 Å². The van der Waals surface area contributed by atoms with Crippen LogP contribution in [-0.2, 0) is 20.9 Å². The van der Waals surface area contributed by atoms with E-state index in [-0.39, 0.29) is 24.7 Å². The number of amides is 1. The number of nitrogens with one attached hydrogen (secondary N) is 1. The third kappa shape index (κ3) is 4.25. The summed E-state index contributed by atoms with van der Waals surface area (Å²) in [4.78, 5) is 37.7. The summed E-state index contributed by atoms with van der Waals surface area (Å²) in [5.41, 5.74) is 3.04. The lowest BCUT2D eigenvalue weighted by Crippen LogP contribution is -2.31. The Bertz CT molecular complexity index is 954. The second kappa shape index (κ2) is 8.41. The first kappa shape index (κ1) is 20.5. The smallest absolute Gasteiger partial charge is 0.307 e. The van der Waals surface area contributed by atoms with E-state index >= 15 is 0 Å². The fourth-order valence-corrected chi connectivity index (χ4v) is 4.51. The number of carbonyl (C=O) groups excluding carboxylic acids is 3. The molecular weight excluding hydrogens is 400 g/mol. The van der Waals surface area contributed by atoms with Crippen LogP contribution in [0, 0.1) is 13.8 Å². The van der Waals surface area contributed by atoms with E-state index in [9.17, 15) is 14.4 Å². The van der Waals surface area contributed by atoms with Gasteiger partial charge in [0.1, 0.15) is 0 Å². The molecule has 0 saturated heterocycles. The van der Waals surface area contributed by atoms with Crippen molar-refractivity contribution >= 4 is 46.7 Å². The molecule has 3 rings (SSSR count). The molecule has 0 spiro atoms. The van der Waals surface area contributed by atoms with Crippen molar-refractivity contribution in [2.24, 2.45) is 0 Å². The molecule has 148 valence electrons. The summed E-state index contributed by atoms with van der Waals surface area (Å²) in [5, 5.41) is 2.66. The maximum Gasteiger partial charge on any atom is 0.307 e. The van der Waals surface area contributed by atoms with Crippen molar-refractivity contribution in [2.45, 2.75) is 43.9 Å². The molecule has 2 heterocycles. The minimum Gasteiger partial charge on any atom is -0.457 e. The van der Waals surface area contributed by atoms with E-state index in [2.05, 4.69) is 5.32 Å². The number of benzene rings is 1. The molecule has 1 unspecified atom stereocenters. The number of ketones is 1. The molecule has 1 amide bonds. The van der Waals surface area contributed by atoms with E-state index in [0.29, 0.717) is 16.3 Å². The van der Waals surface area contributed by atoms with Crippen molar-refractivity contribution in [1.82, 2.24) is 4.57 Å². The molecular formula is C20H21ClN2O4S. The van der Waals surface area contributed by atoms with E-state index in [1.807, 2.05) is 31.4 Å². The Hall–Kier alpha value is -2.25. The van der Waals surface area contributed by atoms with Crippen LogP contribution in [0.25, 0.3) is 0 Å². The van der Waals surface area contributed by atoms with E-state index < -0.39 is 11.2 Å². The summed E-state index contributed by atoms with van der Waals surface area (Å²) in [6.07, 6.45) is -0.111. The third-order valence-electron chi connectivity index (χ3n) is 4.67. The monoisotopic (exact) mass is 420 g/mol. The summed E-state index contributed by atoms with van der Waals surface area (Å²) < 4.78 is 7.17. The molecule has 2 aromatic rings. The van der Waals surface area contributed by atoms with Gasteiger partial charge in [0.2, 0.25) is 11.7 Å². The molecule has 1 N–H and O–H groups in total. The van der Waals surface area contributed by atoms with Crippen LogP contribution < -0.4 is 5.32 Å². The summed E-state index contributed by atoms with van der Waals surface area (Å²) >= 11 is 7.21. The standard InChI is InChI=1S/C20H21ClN2O4S/c1-4-23-11(2)7-14(12(23)3)16(24)10-27-19(25)9-18-20(26)22-15-8-13(21)5-6-17(15)28-18/h5-8,18H,4,9-10H2,1-3H3,(H,22,26). The number of anilines is 1. The average Bonchev–Trinajstić information content (AvgIpc) is 2.94. The zero-order valence-corrected chi connectivity index (χ0v) is 17.4. The van der Waals surface area contributed by atoms with Gasteiger partial charge in [-0.1, -0.05) is 11.6 Å². The number of hydrogen-bond donors (Lipinski definition) is 1. The second-order valence-electron chi connectivity index (χ2n) is 6.55. The Morgan fingerprint density at radius 2 is 2.04 bits per heavy atom. The third-order valence-corrected chi connectivity index (χ3v) is 6.18. The number of aryl methyl sites for hydroxylation is 1. The van der Waals surface area contributed by atoms with Gasteiger partial charge in [-0.25, -0.2) is 0 Å². The van der Waals surface area contributed by atoms with Crippen LogP contribution in [0.3, 0.4) is 0 Å². The van der Waals surface area contributed by atoms with Crippen molar-refractivity contribution in [1.29, 1.82) is 0 Å². The van der Waals surface area contributed by atoms with Crippen LogP contribution in [-0.4, -0.2) is 34.1 Å². The lowest BCUT2D eigenvalue weighted by atomic mass is 10.1. The SMILES string of the molecule is CCn1c(C)cc(C(=O)COC(=O)CC2Sc3ccc(Cl)cc3NC2=O)c1C. The minimum absolute atomic E-state index is 0.111. The number of aromatic nitrogens is 1. The number of carbonyl (C=O) groups is 3. The lowest BCUT2D eigenvalue weighted by Gasteiger charge is -2.23. The zero-order valence-electron chi connectivity index (χ0n) is 15.9. The topological polar surface area (TPSA) is 77.4 Å². The molecule has 1 aliphatic heterocycles. The van der Waals surface area contributed by atoms with Crippen LogP contribution in [0.5, 0.6) is 0 Å². The Kier molecular flexibility index (Phi) is 6.15. The molecule has 0 saturated carbocycles. The first-order valence-corrected chi connectivity index (χ1v) is 10.2. The molecule has 8 heteroatoms. The molecule has 1 aromatic heterocycles. The fraction of sp³-hybridized carbons (Fsp3) is 0.350. The maximum atomic E-state index is 12.4.